The third-order valence-electron chi connectivity index (χ3n) is 6.42. The van der Waals surface area contributed by atoms with Gasteiger partial charge >= 0.3 is 0 Å². The summed E-state index contributed by atoms with van der Waals surface area (Å²) in [5.41, 5.74) is 3.81. The number of fused-ring (bicyclic) bond motifs is 2. The molecule has 1 aliphatic rings. The van der Waals surface area contributed by atoms with E-state index in [1.807, 2.05) is 54.4 Å². The summed E-state index contributed by atoms with van der Waals surface area (Å²) in [5, 5.41) is 6.98. The number of nitrogens with zero attached hydrogens (tertiary/aromatic N) is 3. The second kappa shape index (κ2) is 10.5. The molecule has 5 rings (SSSR count). The largest absolute Gasteiger partial charge is 0.348 e. The number of rotatable bonds is 4. The molecule has 37 heavy (non-hydrogen) atoms. The number of amides is 1. The third-order valence-corrected chi connectivity index (χ3v) is 7.42. The van der Waals surface area contributed by atoms with Gasteiger partial charge in [0.2, 0.25) is 6.17 Å². The minimum absolute atomic E-state index is 0.244. The second-order valence-electron chi connectivity index (χ2n) is 8.86. The van der Waals surface area contributed by atoms with E-state index < -0.39 is 6.17 Å². The molecule has 0 aliphatic carbocycles. The standard InChI is InChI=1S/C29H24Cl2N4OS/c1-34(17-19-10-7-9-18-8-3-4-11-21(18)19)29(37)33-27-28(36)35(2)25-15-14-20(30)16-23(25)26(32-27)22-12-5-6-13-24(22)31/h3-16,27H,17H2,1-2H3,(H,33,37). The van der Waals surface area contributed by atoms with Crippen LogP contribution in [0.1, 0.15) is 16.7 Å². The predicted octanol–water partition coefficient (Wildman–Crippen LogP) is 6.29. The Labute approximate surface area is 231 Å². The number of hydrogen-bond donors (Lipinski definition) is 1. The van der Waals surface area contributed by atoms with E-state index in [1.54, 1.807) is 30.1 Å². The number of halogens is 2. The Kier molecular flexibility index (Phi) is 7.15. The molecule has 1 amide bonds. The summed E-state index contributed by atoms with van der Waals surface area (Å²) in [5.74, 6) is -0.244. The molecule has 4 aromatic carbocycles. The van der Waals surface area contributed by atoms with Crippen molar-refractivity contribution in [3.05, 3.63) is 112 Å². The maximum atomic E-state index is 13.6. The van der Waals surface area contributed by atoms with E-state index in [2.05, 4.69) is 29.6 Å². The van der Waals surface area contributed by atoms with Crippen molar-refractivity contribution in [2.45, 2.75) is 12.7 Å². The van der Waals surface area contributed by atoms with Crippen LogP contribution in [0.25, 0.3) is 10.8 Å². The number of benzodiazepines with no additional fused rings is 1. The van der Waals surface area contributed by atoms with E-state index in [1.165, 1.54) is 5.39 Å². The van der Waals surface area contributed by atoms with Crippen LogP contribution in [0.5, 0.6) is 0 Å². The van der Waals surface area contributed by atoms with Crippen molar-refractivity contribution in [1.29, 1.82) is 0 Å². The van der Waals surface area contributed by atoms with Crippen LogP contribution in [0.3, 0.4) is 0 Å². The summed E-state index contributed by atoms with van der Waals surface area (Å²) in [4.78, 5) is 21.9. The first kappa shape index (κ1) is 25.2. The Morgan fingerprint density at radius 3 is 2.54 bits per heavy atom. The molecule has 0 saturated carbocycles. The molecule has 1 aliphatic heterocycles. The SMILES string of the molecule is CN(Cc1cccc2ccccc12)C(=S)NC1N=C(c2ccccc2Cl)c2cc(Cl)ccc2N(C)C1=O. The van der Waals surface area contributed by atoms with Crippen LogP contribution in [-0.2, 0) is 11.3 Å². The summed E-state index contributed by atoms with van der Waals surface area (Å²) < 4.78 is 0. The Morgan fingerprint density at radius 2 is 1.73 bits per heavy atom. The molecule has 1 atom stereocenters. The number of aliphatic imine (C=N–C) groups is 1. The third kappa shape index (κ3) is 5.05. The summed E-state index contributed by atoms with van der Waals surface area (Å²) >= 11 is 18.6. The molecule has 0 radical (unpaired) electrons. The molecule has 0 bridgehead atoms. The first-order valence-corrected chi connectivity index (χ1v) is 12.9. The van der Waals surface area contributed by atoms with Gasteiger partial charge in [0.05, 0.1) is 11.4 Å². The summed E-state index contributed by atoms with van der Waals surface area (Å²) in [6.07, 6.45) is -0.954. The highest BCUT2D eigenvalue weighted by molar-refractivity contribution is 7.80. The molecule has 8 heteroatoms. The van der Waals surface area contributed by atoms with Crippen molar-refractivity contribution in [2.75, 3.05) is 19.0 Å². The Bertz CT molecular complexity index is 1550. The lowest BCUT2D eigenvalue weighted by molar-refractivity contribution is -0.119. The van der Waals surface area contributed by atoms with E-state index in [0.29, 0.717) is 38.7 Å². The molecular formula is C29H24Cl2N4OS. The van der Waals surface area contributed by atoms with Gasteiger partial charge in [-0.05, 0) is 52.8 Å². The number of thiocarbonyl (C=S) groups is 1. The fraction of sp³-hybridized carbons (Fsp3) is 0.138. The molecule has 5 nitrogen and oxygen atoms in total. The monoisotopic (exact) mass is 546 g/mol. The van der Waals surface area contributed by atoms with Gasteiger partial charge in [-0.3, -0.25) is 4.79 Å². The highest BCUT2D eigenvalue weighted by atomic mass is 35.5. The maximum Gasteiger partial charge on any atom is 0.272 e. The van der Waals surface area contributed by atoms with Gasteiger partial charge in [0.25, 0.3) is 5.91 Å². The average molecular weight is 548 g/mol. The predicted molar refractivity (Wildman–Crippen MR) is 157 cm³/mol. The van der Waals surface area contributed by atoms with E-state index >= 15 is 0 Å². The lowest BCUT2D eigenvalue weighted by Crippen LogP contribution is -2.49. The number of carbonyl (C=O) groups excluding carboxylic acids is 1. The van der Waals surface area contributed by atoms with Gasteiger partial charge in [-0.25, -0.2) is 4.99 Å². The van der Waals surface area contributed by atoms with Crippen molar-refractivity contribution >= 4 is 68.6 Å². The van der Waals surface area contributed by atoms with E-state index in [9.17, 15) is 4.79 Å². The average Bonchev–Trinajstić information content (AvgIpc) is 2.99. The molecule has 0 fully saturated rings. The van der Waals surface area contributed by atoms with Crippen molar-refractivity contribution in [3.63, 3.8) is 0 Å². The number of likely N-dealkylation sites (N-methyl/N-ethyl adjacent to an activating group) is 1. The Balaban J connectivity index is 1.48. The summed E-state index contributed by atoms with van der Waals surface area (Å²) in [6, 6.07) is 27.2. The maximum absolute atomic E-state index is 13.6. The van der Waals surface area contributed by atoms with Gasteiger partial charge in [-0.2, -0.15) is 0 Å². The summed E-state index contributed by atoms with van der Waals surface area (Å²) in [6.45, 7) is 0.570. The quantitative estimate of drug-likeness (QED) is 0.305. The van der Waals surface area contributed by atoms with Crippen LogP contribution >= 0.6 is 35.4 Å². The summed E-state index contributed by atoms with van der Waals surface area (Å²) in [7, 11) is 3.62. The van der Waals surface area contributed by atoms with Gasteiger partial charge in [0.15, 0.2) is 5.11 Å². The number of carbonyl (C=O) groups is 1. The van der Waals surface area contributed by atoms with Crippen molar-refractivity contribution in [1.82, 2.24) is 10.2 Å². The van der Waals surface area contributed by atoms with Crippen molar-refractivity contribution in [2.24, 2.45) is 4.99 Å². The lowest BCUT2D eigenvalue weighted by Gasteiger charge is -2.26. The van der Waals surface area contributed by atoms with Crippen LogP contribution in [-0.4, -0.2) is 41.9 Å². The fourth-order valence-electron chi connectivity index (χ4n) is 4.49. The number of hydrogen-bond acceptors (Lipinski definition) is 3. The van der Waals surface area contributed by atoms with Crippen molar-refractivity contribution < 1.29 is 4.79 Å². The smallest absolute Gasteiger partial charge is 0.272 e. The lowest BCUT2D eigenvalue weighted by atomic mass is 10.00. The van der Waals surface area contributed by atoms with Gasteiger partial charge in [-0.1, -0.05) is 83.9 Å². The molecular weight excluding hydrogens is 523 g/mol. The van der Waals surface area contributed by atoms with E-state index in [4.69, 9.17) is 40.4 Å². The molecule has 0 saturated heterocycles. The van der Waals surface area contributed by atoms with Gasteiger partial charge in [0.1, 0.15) is 0 Å². The van der Waals surface area contributed by atoms with Gasteiger partial charge in [0, 0.05) is 41.8 Å². The van der Waals surface area contributed by atoms with E-state index in [0.717, 1.165) is 16.5 Å². The first-order chi connectivity index (χ1) is 17.8. The van der Waals surface area contributed by atoms with E-state index in [-0.39, 0.29) is 5.91 Å². The molecule has 1 heterocycles. The van der Waals surface area contributed by atoms with Crippen LogP contribution in [0, 0.1) is 0 Å². The zero-order valence-electron chi connectivity index (χ0n) is 20.3. The zero-order chi connectivity index (χ0) is 26.1. The highest BCUT2D eigenvalue weighted by Crippen LogP contribution is 2.32. The van der Waals surface area contributed by atoms with Crippen LogP contribution in [0.15, 0.2) is 89.9 Å². The normalized spacial score (nSPS) is 15.1. The topological polar surface area (TPSA) is 47.9 Å². The van der Waals surface area contributed by atoms with Crippen molar-refractivity contribution in [3.8, 4) is 0 Å². The number of anilines is 1. The zero-order valence-corrected chi connectivity index (χ0v) is 22.6. The highest BCUT2D eigenvalue weighted by Gasteiger charge is 2.31. The number of nitrogens with one attached hydrogen (secondary N) is 1. The van der Waals surface area contributed by atoms with Gasteiger partial charge < -0.3 is 15.1 Å². The van der Waals surface area contributed by atoms with Crippen LogP contribution < -0.4 is 10.2 Å². The molecule has 4 aromatic rings. The molecule has 1 N–H and O–H groups in total. The fourth-order valence-corrected chi connectivity index (χ4v) is 5.07. The Hall–Kier alpha value is -3.45. The second-order valence-corrected chi connectivity index (χ2v) is 10.1. The van der Waals surface area contributed by atoms with Gasteiger partial charge in [-0.15, -0.1) is 0 Å². The minimum atomic E-state index is -0.954. The number of benzene rings is 4. The van der Waals surface area contributed by atoms with Crippen LogP contribution in [0.4, 0.5) is 5.69 Å². The molecule has 0 aromatic heterocycles. The first-order valence-electron chi connectivity index (χ1n) is 11.7. The molecule has 1 unspecified atom stereocenters. The Morgan fingerprint density at radius 1 is 1.00 bits per heavy atom. The molecule has 186 valence electrons. The van der Waals surface area contributed by atoms with Crippen LogP contribution in [0.2, 0.25) is 10.0 Å². The minimum Gasteiger partial charge on any atom is -0.348 e. The molecule has 0 spiro atoms.